The van der Waals surface area contributed by atoms with Gasteiger partial charge in [-0.25, -0.2) is 0 Å². The molecule has 0 aromatic rings. The van der Waals surface area contributed by atoms with Crippen molar-refractivity contribution in [3.05, 3.63) is 12.3 Å². The maximum Gasteiger partial charge on any atom is 0.234 e. The van der Waals surface area contributed by atoms with Crippen LogP contribution in [0.4, 0.5) is 0 Å². The zero-order chi connectivity index (χ0) is 7.56. The largest absolute Gasteiger partial charge is 0.352 e. The fraction of sp³-hybridized carbons (Fsp3) is 0.200. The van der Waals surface area contributed by atoms with Crippen molar-refractivity contribution < 1.29 is 13.2 Å². The highest BCUT2D eigenvalue weighted by Crippen LogP contribution is 1.91. The van der Waals surface area contributed by atoms with Gasteiger partial charge in [-0.3, -0.25) is 4.79 Å². The molecule has 1 aliphatic heterocycles. The molecule has 1 N–H and O–H groups in total. The van der Waals surface area contributed by atoms with Crippen LogP contribution in [-0.2, 0) is 15.1 Å². The second kappa shape index (κ2) is 2.66. The molecule has 0 atom stereocenters. The maximum atomic E-state index is 10.6. The van der Waals surface area contributed by atoms with Crippen LogP contribution in [-0.4, -0.2) is 19.2 Å². The first kappa shape index (κ1) is 7.01. The molecule has 0 bridgehead atoms. The molecule has 0 aromatic carbocycles. The Morgan fingerprint density at radius 2 is 2.20 bits per heavy atom. The number of nitrogens with one attached hydrogen (secondary N) is 1. The Hall–Kier alpha value is -1.10. The SMILES string of the molecule is O=C1C=CNC(=S(=O)=O)C1. The van der Waals surface area contributed by atoms with E-state index in [-0.39, 0.29) is 17.2 Å². The van der Waals surface area contributed by atoms with Crippen LogP contribution in [0.15, 0.2) is 12.3 Å². The molecule has 0 fully saturated rings. The summed E-state index contributed by atoms with van der Waals surface area (Å²) < 4.78 is 20.4. The van der Waals surface area contributed by atoms with E-state index < -0.39 is 10.3 Å². The Morgan fingerprint density at radius 3 is 2.60 bits per heavy atom. The zero-order valence-corrected chi connectivity index (χ0v) is 5.81. The fourth-order valence-electron chi connectivity index (χ4n) is 0.603. The van der Waals surface area contributed by atoms with Crippen LogP contribution in [0.5, 0.6) is 0 Å². The van der Waals surface area contributed by atoms with E-state index in [0.29, 0.717) is 0 Å². The minimum atomic E-state index is -2.29. The van der Waals surface area contributed by atoms with Gasteiger partial charge in [0, 0.05) is 6.20 Å². The third-order valence-electron chi connectivity index (χ3n) is 1.05. The number of hydrogen-bond acceptors (Lipinski definition) is 3. The molecular weight excluding hydrogens is 154 g/mol. The van der Waals surface area contributed by atoms with Gasteiger partial charge in [0.05, 0.1) is 6.42 Å². The molecule has 0 saturated carbocycles. The average molecular weight is 159 g/mol. The van der Waals surface area contributed by atoms with E-state index >= 15 is 0 Å². The molecule has 0 aliphatic carbocycles. The summed E-state index contributed by atoms with van der Waals surface area (Å²) in [5, 5.41) is 2.45. The van der Waals surface area contributed by atoms with E-state index in [0.717, 1.165) is 0 Å². The molecule has 54 valence electrons. The number of carbonyl (C=O) groups excluding carboxylic acids is 1. The summed E-state index contributed by atoms with van der Waals surface area (Å²) in [4.78, 5) is 10.6. The van der Waals surface area contributed by atoms with Crippen LogP contribution in [0.1, 0.15) is 6.42 Å². The van der Waals surface area contributed by atoms with Crippen LogP contribution >= 0.6 is 0 Å². The minimum absolute atomic E-state index is 0.0347. The Labute approximate surface area is 59.1 Å². The second-order valence-electron chi connectivity index (χ2n) is 1.78. The van der Waals surface area contributed by atoms with E-state index in [9.17, 15) is 13.2 Å². The zero-order valence-electron chi connectivity index (χ0n) is 4.99. The highest BCUT2D eigenvalue weighted by Gasteiger charge is 2.08. The predicted molar refractivity (Wildman–Crippen MR) is 35.8 cm³/mol. The topological polar surface area (TPSA) is 63.2 Å². The molecule has 0 saturated heterocycles. The number of carbonyl (C=O) groups is 1. The molecule has 0 spiro atoms. The summed E-state index contributed by atoms with van der Waals surface area (Å²) in [5.74, 6) is -0.196. The van der Waals surface area contributed by atoms with Crippen LogP contribution in [0, 0.1) is 0 Å². The number of ketones is 1. The lowest BCUT2D eigenvalue weighted by molar-refractivity contribution is -0.113. The van der Waals surface area contributed by atoms with Crippen molar-refractivity contribution in [1.29, 1.82) is 0 Å². The molecule has 1 rings (SSSR count). The second-order valence-corrected chi connectivity index (χ2v) is 2.74. The highest BCUT2D eigenvalue weighted by molar-refractivity contribution is 7.73. The van der Waals surface area contributed by atoms with Crippen LogP contribution in [0.25, 0.3) is 0 Å². The number of allylic oxidation sites excluding steroid dienone is 1. The van der Waals surface area contributed by atoms with Gasteiger partial charge < -0.3 is 5.32 Å². The average Bonchev–Trinajstić information content (AvgIpc) is 1.88. The van der Waals surface area contributed by atoms with Crippen molar-refractivity contribution in [2.45, 2.75) is 6.42 Å². The summed E-state index contributed by atoms with van der Waals surface area (Å²) in [6, 6.07) is 0. The number of hydrogen-bond donors (Lipinski definition) is 1. The fourth-order valence-corrected chi connectivity index (χ4v) is 1.03. The van der Waals surface area contributed by atoms with E-state index in [4.69, 9.17) is 0 Å². The van der Waals surface area contributed by atoms with E-state index in [1.807, 2.05) is 0 Å². The van der Waals surface area contributed by atoms with Crippen molar-refractivity contribution in [1.82, 2.24) is 5.32 Å². The molecular formula is C5H5NO3S. The van der Waals surface area contributed by atoms with Crippen molar-refractivity contribution in [2.24, 2.45) is 0 Å². The van der Waals surface area contributed by atoms with Gasteiger partial charge in [0.15, 0.2) is 5.78 Å². The lowest BCUT2D eigenvalue weighted by atomic mass is 10.2. The quantitative estimate of drug-likeness (QED) is 0.464. The summed E-state index contributed by atoms with van der Waals surface area (Å²) in [5.41, 5.74) is 0. The lowest BCUT2D eigenvalue weighted by Gasteiger charge is -2.03. The van der Waals surface area contributed by atoms with E-state index in [1.54, 1.807) is 0 Å². The van der Waals surface area contributed by atoms with Crippen molar-refractivity contribution in [3.8, 4) is 0 Å². The third kappa shape index (κ3) is 1.44. The van der Waals surface area contributed by atoms with Crippen LogP contribution in [0.2, 0.25) is 0 Å². The third-order valence-corrected chi connectivity index (χ3v) is 1.71. The molecule has 10 heavy (non-hydrogen) atoms. The Morgan fingerprint density at radius 1 is 1.50 bits per heavy atom. The van der Waals surface area contributed by atoms with Crippen molar-refractivity contribution in [3.63, 3.8) is 0 Å². The van der Waals surface area contributed by atoms with Gasteiger partial charge >= 0.3 is 0 Å². The smallest absolute Gasteiger partial charge is 0.234 e. The normalized spacial score (nSPS) is 16.8. The number of rotatable bonds is 0. The molecule has 4 nitrogen and oxygen atoms in total. The molecule has 0 aromatic heterocycles. The minimum Gasteiger partial charge on any atom is -0.352 e. The van der Waals surface area contributed by atoms with Gasteiger partial charge in [-0.2, -0.15) is 8.42 Å². The summed E-state index contributed by atoms with van der Waals surface area (Å²) >= 11 is 0. The first-order chi connectivity index (χ1) is 4.70. The Kier molecular flexibility index (Phi) is 1.86. The van der Waals surface area contributed by atoms with Gasteiger partial charge in [0.25, 0.3) is 0 Å². The van der Waals surface area contributed by atoms with E-state index in [2.05, 4.69) is 5.32 Å². The standard InChI is InChI=1S/C5H5NO3S/c7-4-1-2-6-5(3-4)10(8)9/h1-2,6H,3H2. The van der Waals surface area contributed by atoms with Crippen LogP contribution < -0.4 is 5.32 Å². The van der Waals surface area contributed by atoms with Gasteiger partial charge in [-0.05, 0) is 6.08 Å². The lowest BCUT2D eigenvalue weighted by Crippen LogP contribution is -2.25. The van der Waals surface area contributed by atoms with Crippen molar-refractivity contribution in [2.75, 3.05) is 0 Å². The molecule has 0 unspecified atom stereocenters. The maximum absolute atomic E-state index is 10.6. The van der Waals surface area contributed by atoms with Gasteiger partial charge in [0.2, 0.25) is 10.3 Å². The first-order valence-corrected chi connectivity index (χ1v) is 3.68. The van der Waals surface area contributed by atoms with Crippen LogP contribution in [0.3, 0.4) is 0 Å². The highest BCUT2D eigenvalue weighted by atomic mass is 32.2. The first-order valence-electron chi connectivity index (χ1n) is 2.61. The molecule has 1 aliphatic rings. The van der Waals surface area contributed by atoms with Crippen molar-refractivity contribution >= 4 is 21.1 Å². The Balaban J connectivity index is 3.01. The monoisotopic (exact) mass is 159 g/mol. The Bertz CT molecular complexity index is 304. The van der Waals surface area contributed by atoms with Gasteiger partial charge in [-0.15, -0.1) is 0 Å². The van der Waals surface area contributed by atoms with Gasteiger partial charge in [0.1, 0.15) is 4.99 Å². The summed E-state index contributed by atoms with van der Waals surface area (Å²) in [6.07, 6.45) is 2.57. The molecule has 0 amide bonds. The van der Waals surface area contributed by atoms with Gasteiger partial charge in [-0.1, -0.05) is 0 Å². The summed E-state index contributed by atoms with van der Waals surface area (Å²) in [7, 11) is -2.29. The molecule has 0 radical (unpaired) electrons. The van der Waals surface area contributed by atoms with E-state index in [1.165, 1.54) is 12.3 Å². The predicted octanol–water partition coefficient (Wildman–Crippen LogP) is -0.929. The molecule has 1 heterocycles. The summed E-state index contributed by atoms with van der Waals surface area (Å²) in [6.45, 7) is 0. The molecule has 5 heteroatoms.